The summed E-state index contributed by atoms with van der Waals surface area (Å²) in [7, 11) is 0. The summed E-state index contributed by atoms with van der Waals surface area (Å²) in [4.78, 5) is 11.3. The lowest BCUT2D eigenvalue weighted by Gasteiger charge is -2.12. The molecule has 0 saturated heterocycles. The van der Waals surface area contributed by atoms with Crippen LogP contribution in [0.2, 0.25) is 0 Å². The Balaban J connectivity index is 2.26. The Bertz CT molecular complexity index is 332. The van der Waals surface area contributed by atoms with E-state index in [-0.39, 0.29) is 13.0 Å². The molecule has 0 saturated carbocycles. The van der Waals surface area contributed by atoms with Gasteiger partial charge in [-0.1, -0.05) is 6.08 Å². The Morgan fingerprint density at radius 3 is 2.76 bits per heavy atom. The summed E-state index contributed by atoms with van der Waals surface area (Å²) in [6.07, 6.45) is 1.29. The molecule has 1 aliphatic rings. The minimum absolute atomic E-state index is 0.255. The van der Waals surface area contributed by atoms with E-state index in [4.69, 9.17) is 0 Å². The summed E-state index contributed by atoms with van der Waals surface area (Å²) in [6, 6.07) is 0. The minimum Gasteiger partial charge on any atom is -0.448 e. The standard InChI is InChI=1S/C10H11F3N2O2/c11-10(12,13)5-4-8-17-9(16)15-7-3-1-2-6-14-15/h1-3,6-7H,4-5,8H2. The lowest BCUT2D eigenvalue weighted by Crippen LogP contribution is -2.22. The summed E-state index contributed by atoms with van der Waals surface area (Å²) in [5.41, 5.74) is 0. The molecule has 0 aromatic heterocycles. The van der Waals surface area contributed by atoms with Crippen molar-refractivity contribution < 1.29 is 22.7 Å². The van der Waals surface area contributed by atoms with Crippen molar-refractivity contribution in [2.45, 2.75) is 19.0 Å². The third-order valence-corrected chi connectivity index (χ3v) is 1.74. The van der Waals surface area contributed by atoms with Crippen LogP contribution in [0.1, 0.15) is 12.8 Å². The maximum Gasteiger partial charge on any atom is 0.434 e. The van der Waals surface area contributed by atoms with E-state index in [0.717, 1.165) is 5.01 Å². The molecule has 0 unspecified atom stereocenters. The van der Waals surface area contributed by atoms with Gasteiger partial charge >= 0.3 is 12.3 Å². The van der Waals surface area contributed by atoms with Crippen LogP contribution in [0, 0.1) is 0 Å². The predicted octanol–water partition coefficient (Wildman–Crippen LogP) is 2.84. The van der Waals surface area contributed by atoms with Crippen LogP contribution in [0.25, 0.3) is 0 Å². The average molecular weight is 248 g/mol. The number of rotatable bonds is 3. The highest BCUT2D eigenvalue weighted by Gasteiger charge is 2.26. The van der Waals surface area contributed by atoms with Crippen LogP contribution in [0.5, 0.6) is 0 Å². The van der Waals surface area contributed by atoms with Crippen molar-refractivity contribution in [1.82, 2.24) is 5.01 Å². The van der Waals surface area contributed by atoms with Crippen molar-refractivity contribution in [3.05, 3.63) is 24.4 Å². The van der Waals surface area contributed by atoms with Crippen molar-refractivity contribution in [3.63, 3.8) is 0 Å². The molecule has 0 atom stereocenters. The van der Waals surface area contributed by atoms with Crippen LogP contribution in [0.3, 0.4) is 0 Å². The lowest BCUT2D eigenvalue weighted by molar-refractivity contribution is -0.137. The van der Waals surface area contributed by atoms with Crippen LogP contribution in [0.15, 0.2) is 29.5 Å². The molecule has 17 heavy (non-hydrogen) atoms. The summed E-state index contributed by atoms with van der Waals surface area (Å²) >= 11 is 0. The molecule has 4 nitrogen and oxygen atoms in total. The molecule has 1 heterocycles. The predicted molar refractivity (Wildman–Crippen MR) is 55.2 cm³/mol. The highest BCUT2D eigenvalue weighted by atomic mass is 19.4. The first kappa shape index (κ1) is 13.3. The van der Waals surface area contributed by atoms with Crippen LogP contribution < -0.4 is 0 Å². The fourth-order valence-electron chi connectivity index (χ4n) is 1.00. The molecular weight excluding hydrogens is 237 g/mol. The normalized spacial score (nSPS) is 14.9. The smallest absolute Gasteiger partial charge is 0.434 e. The zero-order chi connectivity index (χ0) is 12.7. The second kappa shape index (κ2) is 6.07. The third-order valence-electron chi connectivity index (χ3n) is 1.74. The maximum atomic E-state index is 11.8. The maximum absolute atomic E-state index is 11.8. The summed E-state index contributed by atoms with van der Waals surface area (Å²) < 4.78 is 40.0. The van der Waals surface area contributed by atoms with Crippen LogP contribution in [0.4, 0.5) is 18.0 Å². The van der Waals surface area contributed by atoms with Gasteiger partial charge in [0.25, 0.3) is 0 Å². The number of hydrazone groups is 1. The van der Waals surface area contributed by atoms with Gasteiger partial charge in [0.05, 0.1) is 6.61 Å². The van der Waals surface area contributed by atoms with Gasteiger partial charge in [0.1, 0.15) is 0 Å². The number of alkyl halides is 3. The first-order valence-corrected chi connectivity index (χ1v) is 4.89. The molecule has 0 aromatic rings. The van der Waals surface area contributed by atoms with E-state index < -0.39 is 18.7 Å². The molecule has 94 valence electrons. The molecule has 0 N–H and O–H groups in total. The lowest BCUT2D eigenvalue weighted by atomic mass is 10.3. The Hall–Kier alpha value is -1.79. The van der Waals surface area contributed by atoms with E-state index in [1.165, 1.54) is 12.4 Å². The molecular formula is C10H11F3N2O2. The number of hydrogen-bond donors (Lipinski definition) is 0. The number of allylic oxidation sites excluding steroid dienone is 3. The van der Waals surface area contributed by atoms with Gasteiger partial charge in [-0.15, -0.1) is 0 Å². The van der Waals surface area contributed by atoms with E-state index >= 15 is 0 Å². The van der Waals surface area contributed by atoms with E-state index in [1.54, 1.807) is 18.2 Å². The molecule has 0 fully saturated rings. The van der Waals surface area contributed by atoms with Gasteiger partial charge in [-0.2, -0.15) is 23.3 Å². The van der Waals surface area contributed by atoms with Crippen molar-refractivity contribution in [2.75, 3.05) is 6.61 Å². The van der Waals surface area contributed by atoms with Gasteiger partial charge in [0.15, 0.2) is 0 Å². The second-order valence-electron chi connectivity index (χ2n) is 3.17. The van der Waals surface area contributed by atoms with Gasteiger partial charge in [-0.3, -0.25) is 0 Å². The Morgan fingerprint density at radius 1 is 1.29 bits per heavy atom. The molecule has 0 bridgehead atoms. The average Bonchev–Trinajstić information content (AvgIpc) is 2.51. The molecule has 1 amide bonds. The van der Waals surface area contributed by atoms with Crippen molar-refractivity contribution in [2.24, 2.45) is 5.10 Å². The van der Waals surface area contributed by atoms with E-state index in [9.17, 15) is 18.0 Å². The molecule has 1 aliphatic heterocycles. The van der Waals surface area contributed by atoms with Gasteiger partial charge in [0, 0.05) is 18.8 Å². The van der Waals surface area contributed by atoms with E-state index in [1.807, 2.05) is 0 Å². The largest absolute Gasteiger partial charge is 0.448 e. The highest BCUT2D eigenvalue weighted by molar-refractivity contribution is 5.76. The summed E-state index contributed by atoms with van der Waals surface area (Å²) in [6.45, 7) is -0.286. The molecule has 0 radical (unpaired) electrons. The number of carbonyl (C=O) groups excluding carboxylic acids is 1. The van der Waals surface area contributed by atoms with Crippen molar-refractivity contribution in [1.29, 1.82) is 0 Å². The van der Waals surface area contributed by atoms with Crippen LogP contribution in [-0.4, -0.2) is 30.1 Å². The quantitative estimate of drug-likeness (QED) is 0.720. The first-order valence-electron chi connectivity index (χ1n) is 4.89. The molecule has 7 heteroatoms. The fourth-order valence-corrected chi connectivity index (χ4v) is 1.00. The number of halogens is 3. The topological polar surface area (TPSA) is 41.9 Å². The number of nitrogens with zero attached hydrogens (tertiary/aromatic N) is 2. The zero-order valence-electron chi connectivity index (χ0n) is 8.85. The van der Waals surface area contributed by atoms with Crippen LogP contribution in [-0.2, 0) is 4.74 Å². The first-order chi connectivity index (χ1) is 7.99. The monoisotopic (exact) mass is 248 g/mol. The zero-order valence-corrected chi connectivity index (χ0v) is 8.85. The van der Waals surface area contributed by atoms with Gasteiger partial charge in [-0.25, -0.2) is 4.79 Å². The molecule has 1 rings (SSSR count). The van der Waals surface area contributed by atoms with Gasteiger partial charge in [0.2, 0.25) is 0 Å². The number of carbonyl (C=O) groups is 1. The fraction of sp³-hybridized carbons (Fsp3) is 0.400. The van der Waals surface area contributed by atoms with Crippen molar-refractivity contribution >= 4 is 12.3 Å². The Labute approximate surface area is 96.0 Å². The molecule has 0 aliphatic carbocycles. The van der Waals surface area contributed by atoms with E-state index in [2.05, 4.69) is 9.84 Å². The molecule has 0 aromatic carbocycles. The number of hydrogen-bond acceptors (Lipinski definition) is 3. The SMILES string of the molecule is O=C(OCCCC(F)(F)F)N1C=CC=CC=N1. The number of amides is 1. The Morgan fingerprint density at radius 2 is 2.06 bits per heavy atom. The summed E-state index contributed by atoms with van der Waals surface area (Å²) in [5, 5.41) is 4.60. The third kappa shape index (κ3) is 5.74. The van der Waals surface area contributed by atoms with Crippen molar-refractivity contribution in [3.8, 4) is 0 Å². The van der Waals surface area contributed by atoms with Crippen LogP contribution >= 0.6 is 0 Å². The summed E-state index contributed by atoms with van der Waals surface area (Å²) in [5.74, 6) is 0. The second-order valence-corrected chi connectivity index (χ2v) is 3.17. The minimum atomic E-state index is -4.23. The number of ether oxygens (including phenoxy) is 1. The highest BCUT2D eigenvalue weighted by Crippen LogP contribution is 2.21. The van der Waals surface area contributed by atoms with E-state index in [0.29, 0.717) is 0 Å². The van der Waals surface area contributed by atoms with Gasteiger partial charge in [-0.05, 0) is 18.6 Å². The Kier molecular flexibility index (Phi) is 4.74. The van der Waals surface area contributed by atoms with Gasteiger partial charge < -0.3 is 4.74 Å². The molecule has 0 spiro atoms.